The molecule has 7 nitrogen and oxygen atoms in total. The van der Waals surface area contributed by atoms with Crippen LogP contribution in [0.1, 0.15) is 59.7 Å². The smallest absolute Gasteiger partial charge is 0.253 e. The van der Waals surface area contributed by atoms with Crippen molar-refractivity contribution in [3.63, 3.8) is 0 Å². The van der Waals surface area contributed by atoms with Crippen molar-refractivity contribution in [1.82, 2.24) is 10.6 Å². The van der Waals surface area contributed by atoms with Crippen LogP contribution in [0.3, 0.4) is 0 Å². The number of benzene rings is 2. The fourth-order valence-corrected chi connectivity index (χ4v) is 3.17. The van der Waals surface area contributed by atoms with E-state index in [0.717, 1.165) is 5.56 Å². The Morgan fingerprint density at radius 1 is 0.909 bits per heavy atom. The number of hydrogen-bond acceptors (Lipinski definition) is 4. The van der Waals surface area contributed by atoms with Crippen LogP contribution >= 0.6 is 0 Å². The summed E-state index contributed by atoms with van der Waals surface area (Å²) in [6.45, 7) is 8.13. The van der Waals surface area contributed by atoms with Gasteiger partial charge >= 0.3 is 0 Å². The van der Waals surface area contributed by atoms with Gasteiger partial charge in [0, 0.05) is 5.56 Å². The lowest BCUT2D eigenvalue weighted by Gasteiger charge is -2.19. The Hall–Kier alpha value is -3.87. The molecule has 0 aliphatic heterocycles. The Labute approximate surface area is 193 Å². The van der Waals surface area contributed by atoms with Crippen molar-refractivity contribution in [2.45, 2.75) is 45.7 Å². The standard InChI is InChI=1S/C26H29N3O4/c1-17(28-24(31)18-11-13-19(14-12-18)26(2,3)4)23(30)29-22-10-6-5-9-21(22)25(32)27-16-20-8-7-15-33-20/h5-15,17H,16H2,1-4H3,(H,27,32)(H,28,31)(H,29,30). The first kappa shape index (κ1) is 23.8. The maximum Gasteiger partial charge on any atom is 0.253 e. The Morgan fingerprint density at radius 2 is 1.61 bits per heavy atom. The van der Waals surface area contributed by atoms with Gasteiger partial charge in [-0.1, -0.05) is 45.0 Å². The van der Waals surface area contributed by atoms with Crippen LogP contribution in [0.25, 0.3) is 0 Å². The summed E-state index contributed by atoms with van der Waals surface area (Å²) in [4.78, 5) is 37.9. The molecular weight excluding hydrogens is 418 g/mol. The number of rotatable bonds is 7. The molecule has 3 aromatic rings. The summed E-state index contributed by atoms with van der Waals surface area (Å²) in [5, 5.41) is 8.19. The number of furan rings is 1. The van der Waals surface area contributed by atoms with Crippen LogP contribution in [0, 0.1) is 0 Å². The maximum absolute atomic E-state index is 12.7. The van der Waals surface area contributed by atoms with Gasteiger partial charge in [0.15, 0.2) is 0 Å². The van der Waals surface area contributed by atoms with Gasteiger partial charge in [0.1, 0.15) is 11.8 Å². The average molecular weight is 448 g/mol. The molecule has 1 heterocycles. The molecule has 1 unspecified atom stereocenters. The molecule has 1 aromatic heterocycles. The molecule has 0 aliphatic rings. The third kappa shape index (κ3) is 6.32. The predicted octanol–water partition coefficient (Wildman–Crippen LogP) is 4.26. The highest BCUT2D eigenvalue weighted by Crippen LogP contribution is 2.22. The number of carbonyl (C=O) groups is 3. The third-order valence-electron chi connectivity index (χ3n) is 5.19. The van der Waals surface area contributed by atoms with Crippen LogP contribution < -0.4 is 16.0 Å². The van der Waals surface area contributed by atoms with E-state index in [4.69, 9.17) is 4.42 Å². The van der Waals surface area contributed by atoms with Gasteiger partial charge < -0.3 is 20.4 Å². The zero-order valence-corrected chi connectivity index (χ0v) is 19.3. The molecule has 1 atom stereocenters. The predicted molar refractivity (Wildman–Crippen MR) is 127 cm³/mol. The molecule has 0 spiro atoms. The first-order chi connectivity index (χ1) is 15.6. The Kier molecular flexibility index (Phi) is 7.33. The van der Waals surface area contributed by atoms with E-state index in [-0.39, 0.29) is 23.8 Å². The molecule has 0 bridgehead atoms. The molecule has 2 aromatic carbocycles. The van der Waals surface area contributed by atoms with Gasteiger partial charge in [-0.05, 0) is 54.3 Å². The molecule has 3 N–H and O–H groups in total. The molecule has 33 heavy (non-hydrogen) atoms. The van der Waals surface area contributed by atoms with Crippen LogP contribution in [0.15, 0.2) is 71.3 Å². The van der Waals surface area contributed by atoms with E-state index in [1.54, 1.807) is 55.5 Å². The van der Waals surface area contributed by atoms with Gasteiger partial charge in [-0.3, -0.25) is 14.4 Å². The van der Waals surface area contributed by atoms with E-state index in [0.29, 0.717) is 22.6 Å². The van der Waals surface area contributed by atoms with Crippen LogP contribution in [-0.4, -0.2) is 23.8 Å². The molecule has 0 radical (unpaired) electrons. The molecule has 0 saturated carbocycles. The SMILES string of the molecule is CC(NC(=O)c1ccc(C(C)(C)C)cc1)C(=O)Nc1ccccc1C(=O)NCc1ccco1. The Balaban J connectivity index is 1.61. The topological polar surface area (TPSA) is 100 Å². The van der Waals surface area contributed by atoms with E-state index in [1.165, 1.54) is 6.26 Å². The summed E-state index contributed by atoms with van der Waals surface area (Å²) >= 11 is 0. The molecule has 172 valence electrons. The normalized spacial score (nSPS) is 12.0. The van der Waals surface area contributed by atoms with Crippen molar-refractivity contribution in [3.8, 4) is 0 Å². The van der Waals surface area contributed by atoms with Crippen molar-refractivity contribution in [1.29, 1.82) is 0 Å². The van der Waals surface area contributed by atoms with Crippen LogP contribution in [0.5, 0.6) is 0 Å². The quantitative estimate of drug-likeness (QED) is 0.504. The summed E-state index contributed by atoms with van der Waals surface area (Å²) in [7, 11) is 0. The second kappa shape index (κ2) is 10.2. The Morgan fingerprint density at radius 3 is 2.24 bits per heavy atom. The Bertz CT molecular complexity index is 1110. The number of nitrogens with one attached hydrogen (secondary N) is 3. The van der Waals surface area contributed by atoms with E-state index in [1.807, 2.05) is 12.1 Å². The molecule has 3 rings (SSSR count). The van der Waals surface area contributed by atoms with Gasteiger partial charge in [-0.2, -0.15) is 0 Å². The zero-order valence-electron chi connectivity index (χ0n) is 19.3. The summed E-state index contributed by atoms with van der Waals surface area (Å²) in [5.41, 5.74) is 2.25. The highest BCUT2D eigenvalue weighted by molar-refractivity contribution is 6.06. The molecule has 7 heteroatoms. The lowest BCUT2D eigenvalue weighted by Crippen LogP contribution is -2.42. The van der Waals surface area contributed by atoms with Crippen LogP contribution in [-0.2, 0) is 16.8 Å². The van der Waals surface area contributed by atoms with Gasteiger partial charge in [0.05, 0.1) is 24.1 Å². The van der Waals surface area contributed by atoms with E-state index in [9.17, 15) is 14.4 Å². The summed E-state index contributed by atoms with van der Waals surface area (Å²) in [6, 6.07) is 16.7. The summed E-state index contributed by atoms with van der Waals surface area (Å²) in [5.74, 6) is -0.502. The number of hydrogen-bond donors (Lipinski definition) is 3. The lowest BCUT2D eigenvalue weighted by molar-refractivity contribution is -0.117. The second-order valence-electron chi connectivity index (χ2n) is 8.82. The third-order valence-corrected chi connectivity index (χ3v) is 5.19. The van der Waals surface area contributed by atoms with Gasteiger partial charge in [0.25, 0.3) is 11.8 Å². The first-order valence-electron chi connectivity index (χ1n) is 10.8. The monoisotopic (exact) mass is 447 g/mol. The molecular formula is C26H29N3O4. The average Bonchev–Trinajstić information content (AvgIpc) is 3.31. The largest absolute Gasteiger partial charge is 0.467 e. The summed E-state index contributed by atoms with van der Waals surface area (Å²) < 4.78 is 5.22. The van der Waals surface area contributed by atoms with Crippen LogP contribution in [0.4, 0.5) is 5.69 Å². The zero-order chi connectivity index (χ0) is 24.0. The van der Waals surface area contributed by atoms with Crippen molar-refractivity contribution in [2.24, 2.45) is 0 Å². The number of para-hydroxylation sites is 1. The fraction of sp³-hybridized carbons (Fsp3) is 0.269. The van der Waals surface area contributed by atoms with Gasteiger partial charge in [-0.25, -0.2) is 0 Å². The number of anilines is 1. The highest BCUT2D eigenvalue weighted by atomic mass is 16.3. The minimum Gasteiger partial charge on any atom is -0.467 e. The van der Waals surface area contributed by atoms with Crippen molar-refractivity contribution < 1.29 is 18.8 Å². The van der Waals surface area contributed by atoms with E-state index >= 15 is 0 Å². The first-order valence-corrected chi connectivity index (χ1v) is 10.8. The van der Waals surface area contributed by atoms with Crippen molar-refractivity contribution in [2.75, 3.05) is 5.32 Å². The molecule has 0 saturated heterocycles. The fourth-order valence-electron chi connectivity index (χ4n) is 3.17. The van der Waals surface area contributed by atoms with Gasteiger partial charge in [-0.15, -0.1) is 0 Å². The van der Waals surface area contributed by atoms with Gasteiger partial charge in [0.2, 0.25) is 5.91 Å². The lowest BCUT2D eigenvalue weighted by atomic mass is 9.86. The molecule has 0 fully saturated rings. The molecule has 0 aliphatic carbocycles. The van der Waals surface area contributed by atoms with Crippen molar-refractivity contribution in [3.05, 3.63) is 89.4 Å². The minimum atomic E-state index is -0.806. The number of amides is 3. The van der Waals surface area contributed by atoms with Crippen LogP contribution in [0.2, 0.25) is 0 Å². The minimum absolute atomic E-state index is 0.0141. The molecule has 3 amide bonds. The van der Waals surface area contributed by atoms with E-state index < -0.39 is 11.9 Å². The summed E-state index contributed by atoms with van der Waals surface area (Å²) in [6.07, 6.45) is 1.53. The van der Waals surface area contributed by atoms with E-state index in [2.05, 4.69) is 36.7 Å². The maximum atomic E-state index is 12.7. The van der Waals surface area contributed by atoms with Crippen molar-refractivity contribution >= 4 is 23.4 Å². The highest BCUT2D eigenvalue weighted by Gasteiger charge is 2.20. The second-order valence-corrected chi connectivity index (χ2v) is 8.82. The number of carbonyl (C=O) groups excluding carboxylic acids is 3.